The molecule has 6 nitrogen and oxygen atoms in total. The van der Waals surface area contributed by atoms with Crippen LogP contribution in [0.5, 0.6) is 69.0 Å². The van der Waals surface area contributed by atoms with Gasteiger partial charge >= 0.3 is 0 Å². The third-order valence-electron chi connectivity index (χ3n) is 7.10. The Morgan fingerprint density at radius 3 is 0.840 bits per heavy atom. The van der Waals surface area contributed by atoms with Gasteiger partial charge in [0.1, 0.15) is 69.1 Å². The number of benzene rings is 7. The summed E-state index contributed by atoms with van der Waals surface area (Å²) in [4.78, 5) is 0. The number of rotatable bonds is 12. The molecule has 0 aromatic heterocycles. The Bertz CT molecular complexity index is 2050. The van der Waals surface area contributed by atoms with Crippen LogP contribution in [-0.4, -0.2) is 0 Å². The minimum atomic E-state index is -0.367. The van der Waals surface area contributed by atoms with Gasteiger partial charge in [0.15, 0.2) is 11.5 Å². The van der Waals surface area contributed by atoms with Crippen molar-refractivity contribution in [1.29, 1.82) is 0 Å². The van der Waals surface area contributed by atoms with Crippen molar-refractivity contribution in [2.75, 3.05) is 0 Å². The SMILES string of the molecule is Fc1cccc(Oc2ccc(Oc3cccc(Oc4ccccc4Oc4cccc(Oc5ccc(Oc6cccc(F)c6)cc5)c4)c3)cc2)c1. The molecule has 0 N–H and O–H groups in total. The Hall–Kier alpha value is -6.80. The predicted octanol–water partition coefficient (Wildman–Crippen LogP) is 12.7. The molecule has 0 atom stereocenters. The first-order valence-electron chi connectivity index (χ1n) is 15.6. The normalized spacial score (nSPS) is 10.6. The van der Waals surface area contributed by atoms with E-state index < -0.39 is 0 Å². The van der Waals surface area contributed by atoms with Crippen molar-refractivity contribution < 1.29 is 37.2 Å². The van der Waals surface area contributed by atoms with E-state index in [0.717, 1.165) is 0 Å². The van der Waals surface area contributed by atoms with Gasteiger partial charge in [0.25, 0.3) is 0 Å². The van der Waals surface area contributed by atoms with Gasteiger partial charge in [-0.25, -0.2) is 8.78 Å². The summed E-state index contributed by atoms with van der Waals surface area (Å²) in [5, 5.41) is 0. The molecule has 0 aliphatic rings. The highest BCUT2D eigenvalue weighted by Crippen LogP contribution is 2.38. The molecular weight excluding hydrogens is 638 g/mol. The topological polar surface area (TPSA) is 55.4 Å². The Morgan fingerprint density at radius 1 is 0.240 bits per heavy atom. The van der Waals surface area contributed by atoms with Gasteiger partial charge < -0.3 is 28.4 Å². The molecule has 50 heavy (non-hydrogen) atoms. The second-order valence-corrected chi connectivity index (χ2v) is 10.9. The molecule has 0 radical (unpaired) electrons. The average molecular weight is 667 g/mol. The molecule has 0 fully saturated rings. The van der Waals surface area contributed by atoms with E-state index in [-0.39, 0.29) is 11.6 Å². The van der Waals surface area contributed by atoms with E-state index in [0.29, 0.717) is 69.0 Å². The summed E-state index contributed by atoms with van der Waals surface area (Å²) in [7, 11) is 0. The molecule has 0 saturated carbocycles. The Balaban J connectivity index is 0.977. The highest BCUT2D eigenvalue weighted by Gasteiger charge is 2.10. The van der Waals surface area contributed by atoms with Gasteiger partial charge in [0.2, 0.25) is 0 Å². The minimum absolute atomic E-state index is 0.367. The summed E-state index contributed by atoms with van der Waals surface area (Å²) in [6, 6.07) is 47.8. The zero-order chi connectivity index (χ0) is 34.1. The van der Waals surface area contributed by atoms with E-state index in [4.69, 9.17) is 28.4 Å². The molecule has 0 saturated heterocycles. The molecule has 0 aliphatic carbocycles. The van der Waals surface area contributed by atoms with Gasteiger partial charge in [-0.2, -0.15) is 0 Å². The summed E-state index contributed by atoms with van der Waals surface area (Å²) < 4.78 is 62.9. The van der Waals surface area contributed by atoms with Crippen LogP contribution in [0.3, 0.4) is 0 Å². The Labute approximate surface area is 287 Å². The average Bonchev–Trinajstić information content (AvgIpc) is 3.11. The van der Waals surface area contributed by atoms with Crippen LogP contribution in [0.25, 0.3) is 0 Å². The molecule has 7 aromatic carbocycles. The number of halogens is 2. The second-order valence-electron chi connectivity index (χ2n) is 10.9. The molecule has 0 unspecified atom stereocenters. The van der Waals surface area contributed by atoms with Crippen LogP contribution >= 0.6 is 0 Å². The van der Waals surface area contributed by atoms with Crippen LogP contribution in [0.4, 0.5) is 8.78 Å². The largest absolute Gasteiger partial charge is 0.457 e. The first-order chi connectivity index (χ1) is 24.5. The van der Waals surface area contributed by atoms with Crippen LogP contribution in [0.2, 0.25) is 0 Å². The predicted molar refractivity (Wildman–Crippen MR) is 185 cm³/mol. The molecule has 0 amide bonds. The van der Waals surface area contributed by atoms with Crippen LogP contribution in [0.15, 0.2) is 170 Å². The quantitative estimate of drug-likeness (QED) is 0.129. The molecule has 0 spiro atoms. The maximum atomic E-state index is 13.5. The fourth-order valence-electron chi connectivity index (χ4n) is 4.83. The summed E-state index contributed by atoms with van der Waals surface area (Å²) >= 11 is 0. The van der Waals surface area contributed by atoms with E-state index in [1.807, 2.05) is 60.7 Å². The third-order valence-corrected chi connectivity index (χ3v) is 7.10. The lowest BCUT2D eigenvalue weighted by atomic mass is 10.2. The molecular formula is C42H28F2O6. The monoisotopic (exact) mass is 666 g/mol. The van der Waals surface area contributed by atoms with Crippen molar-refractivity contribution in [1.82, 2.24) is 0 Å². The van der Waals surface area contributed by atoms with E-state index >= 15 is 0 Å². The molecule has 7 aromatic rings. The number of hydrogen-bond donors (Lipinski definition) is 0. The maximum Gasteiger partial charge on any atom is 0.169 e. The van der Waals surface area contributed by atoms with Gasteiger partial charge in [-0.1, -0.05) is 36.4 Å². The van der Waals surface area contributed by atoms with Crippen LogP contribution < -0.4 is 28.4 Å². The van der Waals surface area contributed by atoms with Crippen molar-refractivity contribution in [2.45, 2.75) is 0 Å². The van der Waals surface area contributed by atoms with Crippen molar-refractivity contribution in [2.24, 2.45) is 0 Å². The lowest BCUT2D eigenvalue weighted by Crippen LogP contribution is -1.92. The van der Waals surface area contributed by atoms with Crippen molar-refractivity contribution in [3.05, 3.63) is 181 Å². The molecule has 8 heteroatoms. The van der Waals surface area contributed by atoms with Gasteiger partial charge in [0, 0.05) is 24.3 Å². The summed E-state index contributed by atoms with van der Waals surface area (Å²) in [6.45, 7) is 0. The zero-order valence-corrected chi connectivity index (χ0v) is 26.4. The smallest absolute Gasteiger partial charge is 0.169 e. The highest BCUT2D eigenvalue weighted by atomic mass is 19.1. The number of ether oxygens (including phenoxy) is 6. The first kappa shape index (κ1) is 31.8. The standard InChI is InChI=1S/C42H28F2O6/c43-29-7-3-9-35(25-29)45-31-17-21-33(22-18-31)47-37-11-5-13-39(27-37)49-41-15-1-2-16-42(41)50-40-14-6-12-38(28-40)48-34-23-19-32(20-24-34)46-36-10-4-8-30(44)26-36/h1-28H. The fraction of sp³-hybridized carbons (Fsp3) is 0. The summed E-state index contributed by atoms with van der Waals surface area (Å²) in [5.41, 5.74) is 0. The first-order valence-corrected chi connectivity index (χ1v) is 15.6. The Kier molecular flexibility index (Phi) is 9.51. The summed E-state index contributed by atoms with van der Waals surface area (Å²) in [5.74, 6) is 5.61. The second kappa shape index (κ2) is 15.0. The van der Waals surface area contributed by atoms with Gasteiger partial charge in [-0.3, -0.25) is 0 Å². The number of para-hydroxylation sites is 2. The Morgan fingerprint density at radius 2 is 0.520 bits per heavy atom. The van der Waals surface area contributed by atoms with Crippen molar-refractivity contribution in [3.63, 3.8) is 0 Å². The zero-order valence-electron chi connectivity index (χ0n) is 26.4. The molecule has 0 heterocycles. The summed E-state index contributed by atoms with van der Waals surface area (Å²) in [6.07, 6.45) is 0. The lowest BCUT2D eigenvalue weighted by molar-refractivity contribution is 0.412. The molecule has 7 rings (SSSR count). The van der Waals surface area contributed by atoms with Crippen molar-refractivity contribution >= 4 is 0 Å². The molecule has 246 valence electrons. The maximum absolute atomic E-state index is 13.5. The van der Waals surface area contributed by atoms with E-state index in [1.165, 1.54) is 24.3 Å². The molecule has 0 bridgehead atoms. The van der Waals surface area contributed by atoms with E-state index in [1.54, 1.807) is 84.9 Å². The van der Waals surface area contributed by atoms with Crippen LogP contribution in [-0.2, 0) is 0 Å². The van der Waals surface area contributed by atoms with E-state index in [2.05, 4.69) is 0 Å². The van der Waals surface area contributed by atoms with Gasteiger partial charge in [-0.15, -0.1) is 0 Å². The third kappa shape index (κ3) is 8.56. The van der Waals surface area contributed by atoms with Crippen molar-refractivity contribution in [3.8, 4) is 69.0 Å². The van der Waals surface area contributed by atoms with Crippen LogP contribution in [0, 0.1) is 11.6 Å². The van der Waals surface area contributed by atoms with Gasteiger partial charge in [0.05, 0.1) is 0 Å². The lowest BCUT2D eigenvalue weighted by Gasteiger charge is -2.14. The van der Waals surface area contributed by atoms with Crippen LogP contribution in [0.1, 0.15) is 0 Å². The fourth-order valence-corrected chi connectivity index (χ4v) is 4.83. The molecule has 0 aliphatic heterocycles. The van der Waals surface area contributed by atoms with Gasteiger partial charge in [-0.05, 0) is 109 Å². The minimum Gasteiger partial charge on any atom is -0.457 e. The van der Waals surface area contributed by atoms with E-state index in [9.17, 15) is 8.78 Å². The highest BCUT2D eigenvalue weighted by molar-refractivity contribution is 5.48. The number of hydrogen-bond acceptors (Lipinski definition) is 6.